The van der Waals surface area contributed by atoms with E-state index in [0.29, 0.717) is 12.3 Å². The van der Waals surface area contributed by atoms with Gasteiger partial charge in [-0.25, -0.2) is 0 Å². The third kappa shape index (κ3) is 3.74. The van der Waals surface area contributed by atoms with Gasteiger partial charge in [0.1, 0.15) is 11.9 Å². The molecule has 4 nitrogen and oxygen atoms in total. The minimum absolute atomic E-state index is 0.0617. The topological polar surface area (TPSA) is 51.5 Å². The van der Waals surface area contributed by atoms with Crippen LogP contribution in [-0.4, -0.2) is 24.8 Å². The van der Waals surface area contributed by atoms with Crippen LogP contribution >= 0.6 is 11.8 Å². The number of hydrogen-bond acceptors (Lipinski definition) is 4. The Bertz CT molecular complexity index is 962. The van der Waals surface area contributed by atoms with Crippen molar-refractivity contribution in [2.45, 2.75) is 24.3 Å². The Hall–Kier alpha value is -2.66. The van der Waals surface area contributed by atoms with E-state index in [0.717, 1.165) is 17.7 Å². The molecule has 0 saturated heterocycles. The highest BCUT2D eigenvalue weighted by atomic mass is 32.2. The molecule has 0 aliphatic carbocycles. The molecule has 0 radical (unpaired) electrons. The molecule has 1 amide bonds. The zero-order valence-electron chi connectivity index (χ0n) is 15.3. The molecule has 1 atom stereocenters. The number of nitrogens with one attached hydrogen (secondary N) is 1. The highest BCUT2D eigenvalue weighted by molar-refractivity contribution is 7.98. The van der Waals surface area contributed by atoms with Crippen molar-refractivity contribution in [3.8, 4) is 16.9 Å². The SMILES string of the molecule is CSc1ccc(-c2ccc3c(c2)C[C@H](CNC(=O)c2occc2C)O3)cc1. The summed E-state index contributed by atoms with van der Waals surface area (Å²) in [5, 5.41) is 2.90. The van der Waals surface area contributed by atoms with Gasteiger partial charge in [-0.05, 0) is 60.2 Å². The van der Waals surface area contributed by atoms with E-state index < -0.39 is 0 Å². The summed E-state index contributed by atoms with van der Waals surface area (Å²) in [4.78, 5) is 13.4. The number of benzene rings is 2. The minimum atomic E-state index is -0.202. The Morgan fingerprint density at radius 1 is 1.15 bits per heavy atom. The molecule has 4 rings (SSSR count). The molecule has 1 N–H and O–H groups in total. The zero-order valence-corrected chi connectivity index (χ0v) is 16.1. The van der Waals surface area contributed by atoms with Crippen LogP contribution in [0.15, 0.2) is 64.1 Å². The molecule has 2 aromatic carbocycles. The first-order valence-electron chi connectivity index (χ1n) is 8.90. The van der Waals surface area contributed by atoms with Crippen LogP contribution in [0.4, 0.5) is 0 Å². The number of hydrogen-bond donors (Lipinski definition) is 1. The highest BCUT2D eigenvalue weighted by Crippen LogP contribution is 2.33. The van der Waals surface area contributed by atoms with Crippen LogP contribution in [0, 0.1) is 6.92 Å². The normalized spacial score (nSPS) is 15.3. The molecule has 3 aromatic rings. The maximum Gasteiger partial charge on any atom is 0.287 e. The van der Waals surface area contributed by atoms with Crippen molar-refractivity contribution in [3.63, 3.8) is 0 Å². The Morgan fingerprint density at radius 3 is 2.63 bits per heavy atom. The Balaban J connectivity index is 1.41. The summed E-state index contributed by atoms with van der Waals surface area (Å²) in [5.41, 5.74) is 4.39. The Morgan fingerprint density at radius 2 is 1.93 bits per heavy atom. The van der Waals surface area contributed by atoms with E-state index in [1.807, 2.05) is 13.0 Å². The van der Waals surface area contributed by atoms with E-state index in [9.17, 15) is 4.79 Å². The second kappa shape index (κ2) is 7.53. The molecule has 1 aliphatic rings. The predicted molar refractivity (Wildman–Crippen MR) is 108 cm³/mol. The van der Waals surface area contributed by atoms with Gasteiger partial charge in [0.05, 0.1) is 12.8 Å². The first kappa shape index (κ1) is 17.7. The van der Waals surface area contributed by atoms with Crippen molar-refractivity contribution in [1.29, 1.82) is 0 Å². The average molecular weight is 379 g/mol. The van der Waals surface area contributed by atoms with Gasteiger partial charge in [-0.2, -0.15) is 0 Å². The van der Waals surface area contributed by atoms with Gasteiger partial charge in [-0.15, -0.1) is 11.8 Å². The van der Waals surface area contributed by atoms with Crippen LogP contribution in [0.5, 0.6) is 5.75 Å². The second-order valence-electron chi connectivity index (χ2n) is 6.64. The standard InChI is InChI=1S/C22H21NO3S/c1-14-9-10-25-21(14)22(24)23-13-18-12-17-11-16(5-8-20(17)26-18)15-3-6-19(27-2)7-4-15/h3-11,18H,12-13H2,1-2H3,(H,23,24)/t18-/m1/s1. The van der Waals surface area contributed by atoms with E-state index in [1.54, 1.807) is 17.8 Å². The summed E-state index contributed by atoms with van der Waals surface area (Å²) in [7, 11) is 0. The van der Waals surface area contributed by atoms with E-state index in [2.05, 4.69) is 48.0 Å². The molecule has 0 fully saturated rings. The van der Waals surface area contributed by atoms with Gasteiger partial charge < -0.3 is 14.5 Å². The highest BCUT2D eigenvalue weighted by Gasteiger charge is 2.24. The first-order chi connectivity index (χ1) is 13.1. The second-order valence-corrected chi connectivity index (χ2v) is 7.52. The molecule has 5 heteroatoms. The van der Waals surface area contributed by atoms with Crippen LogP contribution in [0.2, 0.25) is 0 Å². The van der Waals surface area contributed by atoms with Gasteiger partial charge in [-0.3, -0.25) is 4.79 Å². The Kier molecular flexibility index (Phi) is 4.94. The largest absolute Gasteiger partial charge is 0.488 e. The lowest BCUT2D eigenvalue weighted by atomic mass is 10.0. The van der Waals surface area contributed by atoms with Crippen molar-refractivity contribution in [3.05, 3.63) is 71.7 Å². The summed E-state index contributed by atoms with van der Waals surface area (Å²) >= 11 is 1.74. The molecule has 0 unspecified atom stereocenters. The molecule has 27 heavy (non-hydrogen) atoms. The lowest BCUT2D eigenvalue weighted by Gasteiger charge is -2.11. The predicted octanol–water partition coefficient (Wildman–Crippen LogP) is 4.71. The summed E-state index contributed by atoms with van der Waals surface area (Å²) in [5.74, 6) is 1.06. The maximum atomic E-state index is 12.2. The van der Waals surface area contributed by atoms with Gasteiger partial charge in [0.25, 0.3) is 5.91 Å². The van der Waals surface area contributed by atoms with Gasteiger partial charge in [0.15, 0.2) is 5.76 Å². The molecule has 0 saturated carbocycles. The molecule has 1 aliphatic heterocycles. The zero-order chi connectivity index (χ0) is 18.8. The number of ether oxygens (including phenoxy) is 1. The number of furan rings is 1. The quantitative estimate of drug-likeness (QED) is 0.652. The fourth-order valence-corrected chi connectivity index (χ4v) is 3.70. The van der Waals surface area contributed by atoms with Crippen LogP contribution in [0.1, 0.15) is 21.7 Å². The molecule has 2 heterocycles. The summed E-state index contributed by atoms with van der Waals surface area (Å²) in [6.45, 7) is 2.30. The van der Waals surface area contributed by atoms with Crippen molar-refractivity contribution in [1.82, 2.24) is 5.32 Å². The van der Waals surface area contributed by atoms with Crippen molar-refractivity contribution in [2.24, 2.45) is 0 Å². The van der Waals surface area contributed by atoms with Crippen LogP contribution in [0.3, 0.4) is 0 Å². The monoisotopic (exact) mass is 379 g/mol. The molecular weight excluding hydrogens is 358 g/mol. The van der Waals surface area contributed by atoms with Gasteiger partial charge in [-0.1, -0.05) is 18.2 Å². The number of carbonyl (C=O) groups excluding carboxylic acids is 1. The van der Waals surface area contributed by atoms with Gasteiger partial charge in [0.2, 0.25) is 0 Å². The van der Waals surface area contributed by atoms with E-state index in [4.69, 9.17) is 9.15 Å². The number of carbonyl (C=O) groups is 1. The molecule has 1 aromatic heterocycles. The number of aryl methyl sites for hydroxylation is 1. The van der Waals surface area contributed by atoms with Gasteiger partial charge >= 0.3 is 0 Å². The molecule has 138 valence electrons. The van der Waals surface area contributed by atoms with Crippen LogP contribution < -0.4 is 10.1 Å². The van der Waals surface area contributed by atoms with Crippen molar-refractivity contribution < 1.29 is 13.9 Å². The fourth-order valence-electron chi connectivity index (χ4n) is 3.29. The molecule has 0 bridgehead atoms. The number of rotatable bonds is 5. The lowest BCUT2D eigenvalue weighted by molar-refractivity contribution is 0.0905. The van der Waals surface area contributed by atoms with E-state index >= 15 is 0 Å². The molecule has 0 spiro atoms. The summed E-state index contributed by atoms with van der Waals surface area (Å²) in [6, 6.07) is 16.6. The number of amides is 1. The number of fused-ring (bicyclic) bond motifs is 1. The lowest BCUT2D eigenvalue weighted by Crippen LogP contribution is -2.34. The van der Waals surface area contributed by atoms with E-state index in [-0.39, 0.29) is 12.0 Å². The third-order valence-corrected chi connectivity index (χ3v) is 5.53. The van der Waals surface area contributed by atoms with Crippen molar-refractivity contribution >= 4 is 17.7 Å². The maximum absolute atomic E-state index is 12.2. The summed E-state index contributed by atoms with van der Waals surface area (Å²) in [6.07, 6.45) is 4.32. The fraction of sp³-hybridized carbons (Fsp3) is 0.227. The van der Waals surface area contributed by atoms with Gasteiger partial charge in [0, 0.05) is 16.9 Å². The summed E-state index contributed by atoms with van der Waals surface area (Å²) < 4.78 is 11.2. The number of thioether (sulfide) groups is 1. The Labute approximate surface area is 162 Å². The van der Waals surface area contributed by atoms with Crippen LogP contribution in [-0.2, 0) is 6.42 Å². The third-order valence-electron chi connectivity index (χ3n) is 4.78. The minimum Gasteiger partial charge on any atom is -0.488 e. The molecular formula is C22H21NO3S. The van der Waals surface area contributed by atoms with Crippen molar-refractivity contribution in [2.75, 3.05) is 12.8 Å². The van der Waals surface area contributed by atoms with Crippen LogP contribution in [0.25, 0.3) is 11.1 Å². The average Bonchev–Trinajstić information content (AvgIpc) is 3.31. The van der Waals surface area contributed by atoms with E-state index in [1.165, 1.54) is 27.8 Å². The smallest absolute Gasteiger partial charge is 0.287 e. The first-order valence-corrected chi connectivity index (χ1v) is 10.1.